The van der Waals surface area contributed by atoms with Crippen molar-refractivity contribution in [3.05, 3.63) is 59.8 Å². The first-order valence-electron chi connectivity index (χ1n) is 15.4. The molecule has 3 aliphatic rings. The van der Waals surface area contributed by atoms with Crippen LogP contribution in [-0.2, 0) is 11.3 Å². The molecule has 238 valence electrons. The molecule has 0 spiro atoms. The standard InChI is InChI=1S/C33H42N8O4/c1-33(2,3)45-32(43)40-15-14-26(25-8-7-9-27(44-6)28(25)40)41-21-22-20-34-30(36-29(22)38(5)31(41)42)35-23-10-12-24(13-11-23)39-18-16-37(4)17-19-39/h7-13,20,26H,14-19,21H2,1-6H3,(H,34,35,36)/t26-/m1/s1. The van der Waals surface area contributed by atoms with Crippen molar-refractivity contribution in [1.82, 2.24) is 19.8 Å². The van der Waals surface area contributed by atoms with Crippen molar-refractivity contribution in [1.29, 1.82) is 0 Å². The van der Waals surface area contributed by atoms with E-state index in [0.29, 0.717) is 42.7 Å². The molecular formula is C33H42N8O4. The number of piperazine rings is 1. The fourth-order valence-corrected chi connectivity index (χ4v) is 6.19. The lowest BCUT2D eigenvalue weighted by Gasteiger charge is -2.43. The number of carbonyl (C=O) groups excluding carboxylic acids is 2. The molecular weight excluding hydrogens is 572 g/mol. The minimum atomic E-state index is -0.646. The van der Waals surface area contributed by atoms with Gasteiger partial charge in [0.25, 0.3) is 0 Å². The number of nitrogens with zero attached hydrogens (tertiary/aromatic N) is 7. The van der Waals surface area contributed by atoms with Gasteiger partial charge in [0.05, 0.1) is 25.4 Å². The topological polar surface area (TPSA) is 107 Å². The highest BCUT2D eigenvalue weighted by Crippen LogP contribution is 2.45. The van der Waals surface area contributed by atoms with Crippen LogP contribution in [0.5, 0.6) is 5.75 Å². The van der Waals surface area contributed by atoms with Crippen LogP contribution in [0.3, 0.4) is 0 Å². The fraction of sp³-hybridized carbons (Fsp3) is 0.455. The van der Waals surface area contributed by atoms with E-state index in [-0.39, 0.29) is 12.1 Å². The lowest BCUT2D eigenvalue weighted by atomic mass is 9.93. The molecule has 0 aliphatic carbocycles. The second-order valence-corrected chi connectivity index (χ2v) is 12.8. The third-order valence-electron chi connectivity index (χ3n) is 8.52. The maximum Gasteiger partial charge on any atom is 0.414 e. The maximum atomic E-state index is 13.9. The zero-order valence-electron chi connectivity index (χ0n) is 26.9. The van der Waals surface area contributed by atoms with Gasteiger partial charge in [0, 0.05) is 68.5 Å². The quantitative estimate of drug-likeness (QED) is 0.413. The summed E-state index contributed by atoms with van der Waals surface area (Å²) in [5.74, 6) is 1.55. The number of nitrogens with one attached hydrogen (secondary N) is 1. The van der Waals surface area contributed by atoms with Crippen molar-refractivity contribution >= 4 is 41.0 Å². The molecule has 12 heteroatoms. The summed E-state index contributed by atoms with van der Waals surface area (Å²) in [7, 11) is 5.46. The second kappa shape index (κ2) is 12.1. The lowest BCUT2D eigenvalue weighted by Crippen LogP contribution is -2.50. The molecule has 12 nitrogen and oxygen atoms in total. The SMILES string of the molecule is COc1cccc2c1N(C(=O)OC(C)(C)C)CC[C@H]2N1Cc2cnc(Nc3ccc(N4CCN(C)CC4)cc3)nc2N(C)C1=O. The summed E-state index contributed by atoms with van der Waals surface area (Å²) in [5.41, 5.74) is 3.72. The molecule has 1 aromatic heterocycles. The van der Waals surface area contributed by atoms with Crippen LogP contribution in [0.4, 0.5) is 38.4 Å². The summed E-state index contributed by atoms with van der Waals surface area (Å²) in [6.45, 7) is 10.4. The number of fused-ring (bicyclic) bond motifs is 2. The third kappa shape index (κ3) is 6.19. The number of carbonyl (C=O) groups is 2. The number of aromatic nitrogens is 2. The molecule has 4 heterocycles. The number of anilines is 5. The van der Waals surface area contributed by atoms with Crippen LogP contribution >= 0.6 is 0 Å². The van der Waals surface area contributed by atoms with Gasteiger partial charge >= 0.3 is 12.1 Å². The van der Waals surface area contributed by atoms with Crippen molar-refractivity contribution in [3.63, 3.8) is 0 Å². The van der Waals surface area contributed by atoms with E-state index in [2.05, 4.69) is 39.3 Å². The van der Waals surface area contributed by atoms with E-state index in [1.165, 1.54) is 5.69 Å². The Labute approximate surface area is 264 Å². The van der Waals surface area contributed by atoms with Gasteiger partial charge in [0.15, 0.2) is 0 Å². The van der Waals surface area contributed by atoms with Crippen LogP contribution in [0.1, 0.15) is 44.4 Å². The highest BCUT2D eigenvalue weighted by Gasteiger charge is 2.41. The molecule has 6 rings (SSSR count). The summed E-state index contributed by atoms with van der Waals surface area (Å²) in [4.78, 5) is 46.1. The summed E-state index contributed by atoms with van der Waals surface area (Å²) in [5, 5.41) is 3.29. The Balaban J connectivity index is 1.21. The van der Waals surface area contributed by atoms with E-state index < -0.39 is 11.7 Å². The van der Waals surface area contributed by atoms with Crippen molar-refractivity contribution < 1.29 is 19.1 Å². The number of amides is 3. The van der Waals surface area contributed by atoms with E-state index in [9.17, 15) is 9.59 Å². The van der Waals surface area contributed by atoms with Crippen molar-refractivity contribution in [2.45, 2.75) is 45.4 Å². The van der Waals surface area contributed by atoms with Gasteiger partial charge in [-0.05, 0) is 64.6 Å². The number of urea groups is 1. The lowest BCUT2D eigenvalue weighted by molar-refractivity contribution is 0.0571. The minimum absolute atomic E-state index is 0.173. The van der Waals surface area contributed by atoms with Crippen molar-refractivity contribution in [2.75, 3.05) is 73.9 Å². The zero-order valence-corrected chi connectivity index (χ0v) is 26.9. The third-order valence-corrected chi connectivity index (χ3v) is 8.52. The Bertz CT molecular complexity index is 1570. The number of ether oxygens (including phenoxy) is 2. The Kier molecular flexibility index (Phi) is 8.17. The number of rotatable bonds is 5. The summed E-state index contributed by atoms with van der Waals surface area (Å²) < 4.78 is 11.4. The van der Waals surface area contributed by atoms with Crippen LogP contribution in [0, 0.1) is 0 Å². The van der Waals surface area contributed by atoms with Gasteiger partial charge in [-0.2, -0.15) is 4.98 Å². The molecule has 0 bridgehead atoms. The van der Waals surface area contributed by atoms with E-state index >= 15 is 0 Å². The smallest absolute Gasteiger partial charge is 0.414 e. The molecule has 1 atom stereocenters. The van der Waals surface area contributed by atoms with Crippen LogP contribution in [0.25, 0.3) is 0 Å². The molecule has 3 amide bonds. The number of hydrogen-bond donors (Lipinski definition) is 1. The number of para-hydroxylation sites is 1. The summed E-state index contributed by atoms with van der Waals surface area (Å²) in [6, 6.07) is 13.5. The first-order valence-corrected chi connectivity index (χ1v) is 15.4. The van der Waals surface area contributed by atoms with E-state index in [1.54, 1.807) is 30.2 Å². The Hall–Kier alpha value is -4.58. The highest BCUT2D eigenvalue weighted by atomic mass is 16.6. The molecule has 3 aliphatic heterocycles. The maximum absolute atomic E-state index is 13.9. The Morgan fingerprint density at radius 2 is 1.73 bits per heavy atom. The van der Waals surface area contributed by atoms with Crippen LogP contribution < -0.4 is 24.8 Å². The summed E-state index contributed by atoms with van der Waals surface area (Å²) >= 11 is 0. The van der Waals surface area contributed by atoms with Crippen molar-refractivity contribution in [3.8, 4) is 5.75 Å². The molecule has 0 saturated carbocycles. The van der Waals surface area contributed by atoms with Gasteiger partial charge in [-0.1, -0.05) is 12.1 Å². The average molecular weight is 615 g/mol. The van der Waals surface area contributed by atoms with Crippen LogP contribution in [0.2, 0.25) is 0 Å². The minimum Gasteiger partial charge on any atom is -0.495 e. The second-order valence-electron chi connectivity index (χ2n) is 12.8. The first kappa shape index (κ1) is 30.4. The molecule has 2 aromatic carbocycles. The van der Waals surface area contributed by atoms with Crippen molar-refractivity contribution in [2.24, 2.45) is 0 Å². The molecule has 1 N–H and O–H groups in total. The monoisotopic (exact) mass is 614 g/mol. The molecule has 0 unspecified atom stereocenters. The zero-order chi connectivity index (χ0) is 31.9. The average Bonchev–Trinajstić information content (AvgIpc) is 3.02. The van der Waals surface area contributed by atoms with E-state index in [1.807, 2.05) is 56.0 Å². The molecule has 1 saturated heterocycles. The van der Waals surface area contributed by atoms with E-state index in [0.717, 1.165) is 43.0 Å². The molecule has 0 radical (unpaired) electrons. The first-order chi connectivity index (χ1) is 21.5. The number of likely N-dealkylation sites (N-methyl/N-ethyl adjacent to an activating group) is 1. The number of benzene rings is 2. The summed E-state index contributed by atoms with van der Waals surface area (Å²) in [6.07, 6.45) is 1.88. The van der Waals surface area contributed by atoms with Gasteiger partial charge in [0.1, 0.15) is 17.2 Å². The van der Waals surface area contributed by atoms with Gasteiger partial charge in [-0.3, -0.25) is 9.80 Å². The fourth-order valence-electron chi connectivity index (χ4n) is 6.19. The normalized spacial score (nSPS) is 18.8. The Morgan fingerprint density at radius 1 is 1.00 bits per heavy atom. The predicted octanol–water partition coefficient (Wildman–Crippen LogP) is 5.24. The molecule has 45 heavy (non-hydrogen) atoms. The highest BCUT2D eigenvalue weighted by molar-refractivity contribution is 5.95. The Morgan fingerprint density at radius 3 is 2.42 bits per heavy atom. The number of hydrogen-bond acceptors (Lipinski definition) is 9. The molecule has 3 aromatic rings. The van der Waals surface area contributed by atoms with E-state index in [4.69, 9.17) is 14.5 Å². The van der Waals surface area contributed by atoms with Gasteiger partial charge in [-0.25, -0.2) is 14.6 Å². The predicted molar refractivity (Wildman–Crippen MR) is 175 cm³/mol. The van der Waals surface area contributed by atoms with Gasteiger partial charge in [0.2, 0.25) is 5.95 Å². The van der Waals surface area contributed by atoms with Crippen LogP contribution in [-0.4, -0.2) is 91.4 Å². The van der Waals surface area contributed by atoms with Crippen LogP contribution in [0.15, 0.2) is 48.7 Å². The van der Waals surface area contributed by atoms with Gasteiger partial charge in [-0.15, -0.1) is 0 Å². The molecule has 1 fully saturated rings. The van der Waals surface area contributed by atoms with Gasteiger partial charge < -0.3 is 29.5 Å². The largest absolute Gasteiger partial charge is 0.495 e. The number of methoxy groups -OCH3 is 1.